The maximum atomic E-state index is 11.9. The van der Waals surface area contributed by atoms with E-state index in [9.17, 15) is 4.79 Å². The molecule has 3 N–H and O–H groups in total. The predicted octanol–water partition coefficient (Wildman–Crippen LogP) is 2.35. The van der Waals surface area contributed by atoms with Gasteiger partial charge in [-0.2, -0.15) is 5.26 Å². The van der Waals surface area contributed by atoms with Crippen molar-refractivity contribution in [2.45, 2.75) is 6.42 Å². The first kappa shape index (κ1) is 14.4. The van der Waals surface area contributed by atoms with Crippen LogP contribution in [-0.4, -0.2) is 12.5 Å². The van der Waals surface area contributed by atoms with E-state index in [1.54, 1.807) is 36.4 Å². The number of anilines is 2. The fourth-order valence-corrected chi connectivity index (χ4v) is 1.78. The van der Waals surface area contributed by atoms with E-state index in [1.165, 1.54) is 0 Å². The summed E-state index contributed by atoms with van der Waals surface area (Å²) in [7, 11) is 0. The first-order valence-corrected chi connectivity index (χ1v) is 6.41. The number of amides is 1. The lowest BCUT2D eigenvalue weighted by Gasteiger charge is -2.07. The number of rotatable bonds is 5. The molecule has 0 saturated carbocycles. The number of nitriles is 1. The fourth-order valence-electron chi connectivity index (χ4n) is 1.78. The highest BCUT2D eigenvalue weighted by Gasteiger charge is 2.04. The maximum absolute atomic E-state index is 11.9. The van der Waals surface area contributed by atoms with Gasteiger partial charge in [0.2, 0.25) is 5.91 Å². The largest absolute Gasteiger partial charge is 0.479 e. The summed E-state index contributed by atoms with van der Waals surface area (Å²) >= 11 is 0. The monoisotopic (exact) mass is 281 g/mol. The minimum atomic E-state index is -0.106. The molecule has 0 unspecified atom stereocenters. The van der Waals surface area contributed by atoms with E-state index >= 15 is 0 Å². The number of hydrogen-bond donors (Lipinski definition) is 2. The quantitative estimate of drug-likeness (QED) is 0.823. The molecule has 21 heavy (non-hydrogen) atoms. The SMILES string of the molecule is N#CCOc1ccc(NC(=O)Cc2ccc(N)cc2)cc1. The van der Waals surface area contributed by atoms with E-state index in [0.29, 0.717) is 17.1 Å². The average Bonchev–Trinajstić information content (AvgIpc) is 2.49. The molecule has 0 bridgehead atoms. The summed E-state index contributed by atoms with van der Waals surface area (Å²) in [5.74, 6) is 0.485. The predicted molar refractivity (Wildman–Crippen MR) is 80.7 cm³/mol. The molecule has 0 atom stereocenters. The zero-order valence-electron chi connectivity index (χ0n) is 11.4. The van der Waals surface area contributed by atoms with Crippen molar-refractivity contribution in [2.75, 3.05) is 17.7 Å². The third-order valence-corrected chi connectivity index (χ3v) is 2.79. The number of nitrogens with two attached hydrogens (primary N) is 1. The third-order valence-electron chi connectivity index (χ3n) is 2.79. The molecule has 0 spiro atoms. The molecule has 1 amide bonds. The minimum absolute atomic E-state index is 0.00282. The highest BCUT2D eigenvalue weighted by molar-refractivity contribution is 5.92. The van der Waals surface area contributed by atoms with Gasteiger partial charge in [0.1, 0.15) is 11.8 Å². The van der Waals surface area contributed by atoms with Gasteiger partial charge in [-0.15, -0.1) is 0 Å². The summed E-state index contributed by atoms with van der Waals surface area (Å²) in [6.45, 7) is 0.00282. The molecule has 0 fully saturated rings. The first-order chi connectivity index (χ1) is 10.2. The van der Waals surface area contributed by atoms with Crippen LogP contribution in [0.3, 0.4) is 0 Å². The molecule has 2 aromatic carbocycles. The Balaban J connectivity index is 1.90. The van der Waals surface area contributed by atoms with Gasteiger partial charge < -0.3 is 15.8 Å². The van der Waals surface area contributed by atoms with Crippen molar-refractivity contribution >= 4 is 17.3 Å². The van der Waals surface area contributed by atoms with Crippen LogP contribution in [0.1, 0.15) is 5.56 Å². The molecule has 106 valence electrons. The fraction of sp³-hybridized carbons (Fsp3) is 0.125. The second-order valence-electron chi connectivity index (χ2n) is 4.44. The summed E-state index contributed by atoms with van der Waals surface area (Å²) in [6.07, 6.45) is 0.285. The van der Waals surface area contributed by atoms with E-state index in [2.05, 4.69) is 5.32 Å². The molecule has 0 aliphatic carbocycles. The second-order valence-corrected chi connectivity index (χ2v) is 4.44. The number of carbonyl (C=O) groups is 1. The molecule has 0 aliphatic heterocycles. The number of nitrogen functional groups attached to an aromatic ring is 1. The van der Waals surface area contributed by atoms with E-state index in [4.69, 9.17) is 15.7 Å². The van der Waals surface area contributed by atoms with Gasteiger partial charge in [-0.05, 0) is 42.0 Å². The van der Waals surface area contributed by atoms with Crippen molar-refractivity contribution in [3.05, 3.63) is 54.1 Å². The molecular formula is C16H15N3O2. The summed E-state index contributed by atoms with van der Waals surface area (Å²) < 4.78 is 5.14. The van der Waals surface area contributed by atoms with Gasteiger partial charge in [-0.25, -0.2) is 0 Å². The lowest BCUT2D eigenvalue weighted by Crippen LogP contribution is -2.14. The molecule has 2 aromatic rings. The third kappa shape index (κ3) is 4.55. The van der Waals surface area contributed by atoms with Gasteiger partial charge in [0.15, 0.2) is 6.61 Å². The normalized spacial score (nSPS) is 9.67. The van der Waals surface area contributed by atoms with Gasteiger partial charge in [0.05, 0.1) is 6.42 Å². The average molecular weight is 281 g/mol. The molecule has 0 saturated heterocycles. The zero-order chi connectivity index (χ0) is 15.1. The highest BCUT2D eigenvalue weighted by Crippen LogP contribution is 2.16. The minimum Gasteiger partial charge on any atom is -0.479 e. The standard InChI is InChI=1S/C16H15N3O2/c17-9-10-21-15-7-5-14(6-8-15)19-16(20)11-12-1-3-13(18)4-2-12/h1-8H,10-11,18H2,(H,19,20). The zero-order valence-corrected chi connectivity index (χ0v) is 11.4. The van der Waals surface area contributed by atoms with Crippen molar-refractivity contribution in [1.29, 1.82) is 5.26 Å². The topological polar surface area (TPSA) is 88.1 Å². The van der Waals surface area contributed by atoms with Crippen LogP contribution >= 0.6 is 0 Å². The molecule has 0 aromatic heterocycles. The van der Waals surface area contributed by atoms with E-state index in [-0.39, 0.29) is 18.9 Å². The number of benzene rings is 2. The van der Waals surface area contributed by atoms with Crippen molar-refractivity contribution in [1.82, 2.24) is 0 Å². The molecule has 0 heterocycles. The molecule has 0 radical (unpaired) electrons. The van der Waals surface area contributed by atoms with E-state index < -0.39 is 0 Å². The van der Waals surface area contributed by atoms with Crippen molar-refractivity contribution in [3.8, 4) is 11.8 Å². The number of ether oxygens (including phenoxy) is 1. The van der Waals surface area contributed by atoms with Crippen LogP contribution in [0.25, 0.3) is 0 Å². The Morgan fingerprint density at radius 3 is 2.43 bits per heavy atom. The van der Waals surface area contributed by atoms with Crippen LogP contribution in [0.4, 0.5) is 11.4 Å². The first-order valence-electron chi connectivity index (χ1n) is 6.41. The van der Waals surface area contributed by atoms with Crippen LogP contribution in [0.15, 0.2) is 48.5 Å². The van der Waals surface area contributed by atoms with Crippen molar-refractivity contribution < 1.29 is 9.53 Å². The van der Waals surface area contributed by atoms with Crippen LogP contribution in [-0.2, 0) is 11.2 Å². The Hall–Kier alpha value is -3.00. The molecule has 5 nitrogen and oxygen atoms in total. The van der Waals surface area contributed by atoms with Gasteiger partial charge in [-0.1, -0.05) is 12.1 Å². The maximum Gasteiger partial charge on any atom is 0.228 e. The summed E-state index contributed by atoms with van der Waals surface area (Å²) in [4.78, 5) is 11.9. The number of carbonyl (C=O) groups excluding carboxylic acids is 1. The Morgan fingerprint density at radius 2 is 1.81 bits per heavy atom. The van der Waals surface area contributed by atoms with Gasteiger partial charge in [-0.3, -0.25) is 4.79 Å². The number of hydrogen-bond acceptors (Lipinski definition) is 4. The Labute approximate surface area is 123 Å². The lowest BCUT2D eigenvalue weighted by atomic mass is 10.1. The van der Waals surface area contributed by atoms with Crippen LogP contribution < -0.4 is 15.8 Å². The molecule has 2 rings (SSSR count). The smallest absolute Gasteiger partial charge is 0.228 e. The summed E-state index contributed by atoms with van der Waals surface area (Å²) in [5.41, 5.74) is 7.85. The van der Waals surface area contributed by atoms with Crippen molar-refractivity contribution in [3.63, 3.8) is 0 Å². The second kappa shape index (κ2) is 6.96. The molecule has 5 heteroatoms. The van der Waals surface area contributed by atoms with Gasteiger partial charge in [0, 0.05) is 11.4 Å². The Kier molecular flexibility index (Phi) is 4.78. The summed E-state index contributed by atoms with van der Waals surface area (Å²) in [6, 6.07) is 16.0. The number of nitrogens with zero attached hydrogens (tertiary/aromatic N) is 1. The van der Waals surface area contributed by atoms with Crippen LogP contribution in [0, 0.1) is 11.3 Å². The molecule has 0 aliphatic rings. The van der Waals surface area contributed by atoms with Crippen LogP contribution in [0.5, 0.6) is 5.75 Å². The Morgan fingerprint density at radius 1 is 1.14 bits per heavy atom. The summed E-state index contributed by atoms with van der Waals surface area (Å²) in [5, 5.41) is 11.2. The van der Waals surface area contributed by atoms with Crippen LogP contribution in [0.2, 0.25) is 0 Å². The highest BCUT2D eigenvalue weighted by atomic mass is 16.5. The number of nitrogens with one attached hydrogen (secondary N) is 1. The van der Waals surface area contributed by atoms with E-state index in [1.807, 2.05) is 18.2 Å². The van der Waals surface area contributed by atoms with E-state index in [0.717, 1.165) is 5.56 Å². The molecular weight excluding hydrogens is 266 g/mol. The van der Waals surface area contributed by atoms with Gasteiger partial charge >= 0.3 is 0 Å². The van der Waals surface area contributed by atoms with Gasteiger partial charge in [0.25, 0.3) is 0 Å². The lowest BCUT2D eigenvalue weighted by molar-refractivity contribution is -0.115. The van der Waals surface area contributed by atoms with Crippen molar-refractivity contribution in [2.24, 2.45) is 0 Å². The Bertz CT molecular complexity index is 643.